The molecule has 0 bridgehead atoms. The molecule has 0 radical (unpaired) electrons. The highest BCUT2D eigenvalue weighted by atomic mass is 32.2. The summed E-state index contributed by atoms with van der Waals surface area (Å²) in [6, 6.07) is 1.65. The highest BCUT2D eigenvalue weighted by molar-refractivity contribution is 7.91. The first-order chi connectivity index (χ1) is 9.80. The maximum Gasteiger partial charge on any atom is 0.170 e. The fraction of sp³-hybridized carbons (Fsp3) is 0.643. The van der Waals surface area contributed by atoms with Crippen LogP contribution in [-0.2, 0) is 16.4 Å². The molecule has 118 valence electrons. The van der Waals surface area contributed by atoms with Crippen molar-refractivity contribution in [2.24, 2.45) is 0 Å². The summed E-state index contributed by atoms with van der Waals surface area (Å²) in [5.74, 6) is -0.0209. The van der Waals surface area contributed by atoms with Gasteiger partial charge in [-0.2, -0.15) is 0 Å². The molecule has 1 atom stereocenters. The second-order valence-corrected chi connectivity index (χ2v) is 8.03. The summed E-state index contributed by atoms with van der Waals surface area (Å²) >= 11 is 0. The summed E-state index contributed by atoms with van der Waals surface area (Å²) in [5.41, 5.74) is 0.550. The van der Waals surface area contributed by atoms with Crippen molar-refractivity contribution in [2.75, 3.05) is 23.0 Å². The van der Waals surface area contributed by atoms with Crippen LogP contribution in [0.25, 0.3) is 0 Å². The van der Waals surface area contributed by atoms with E-state index in [1.165, 1.54) is 0 Å². The lowest BCUT2D eigenvalue weighted by Crippen LogP contribution is -2.47. The van der Waals surface area contributed by atoms with E-state index in [-0.39, 0.29) is 41.8 Å². The second kappa shape index (κ2) is 6.27. The largest absolute Gasteiger partial charge is 0.349 e. The summed E-state index contributed by atoms with van der Waals surface area (Å²) in [6.07, 6.45) is 1.57. The van der Waals surface area contributed by atoms with E-state index < -0.39 is 9.84 Å². The van der Waals surface area contributed by atoms with Crippen LogP contribution in [0.5, 0.6) is 0 Å². The molecule has 1 fully saturated rings. The molecule has 1 aliphatic rings. The van der Waals surface area contributed by atoms with Crippen LogP contribution in [0.15, 0.2) is 12.3 Å². The lowest BCUT2D eigenvalue weighted by Gasteiger charge is -2.34. The number of halogens is 1. The Labute approximate surface area is 125 Å². The van der Waals surface area contributed by atoms with Gasteiger partial charge in [0.25, 0.3) is 0 Å². The lowest BCUT2D eigenvalue weighted by molar-refractivity contribution is 0.534. The highest BCUT2D eigenvalue weighted by Crippen LogP contribution is 2.24. The fourth-order valence-corrected chi connectivity index (χ4v) is 3.99. The smallest absolute Gasteiger partial charge is 0.170 e. The van der Waals surface area contributed by atoms with Gasteiger partial charge in [0.15, 0.2) is 21.5 Å². The minimum Gasteiger partial charge on any atom is -0.349 e. The van der Waals surface area contributed by atoms with Crippen LogP contribution in [0, 0.1) is 5.82 Å². The van der Waals surface area contributed by atoms with Crippen molar-refractivity contribution in [2.45, 2.75) is 39.4 Å². The standard InChI is InChI=1S/C14H22FN3O2S/c1-10(2)17-8-12-4-5-16-14(13(12)15)18-6-7-21(19,20)9-11(18)3/h4-5,10-11,17H,6-9H2,1-3H3. The Morgan fingerprint density at radius 1 is 1.52 bits per heavy atom. The molecule has 2 heterocycles. The van der Waals surface area contributed by atoms with Gasteiger partial charge in [0, 0.05) is 36.9 Å². The van der Waals surface area contributed by atoms with Crippen molar-refractivity contribution in [3.8, 4) is 0 Å². The Morgan fingerprint density at radius 3 is 2.86 bits per heavy atom. The van der Waals surface area contributed by atoms with E-state index in [4.69, 9.17) is 0 Å². The first-order valence-corrected chi connectivity index (χ1v) is 8.96. The van der Waals surface area contributed by atoms with Crippen LogP contribution in [0.4, 0.5) is 10.2 Å². The third-order valence-electron chi connectivity index (χ3n) is 3.59. The van der Waals surface area contributed by atoms with Crippen molar-refractivity contribution in [3.05, 3.63) is 23.6 Å². The van der Waals surface area contributed by atoms with E-state index in [1.807, 2.05) is 13.8 Å². The maximum absolute atomic E-state index is 14.6. The second-order valence-electron chi connectivity index (χ2n) is 5.80. The van der Waals surface area contributed by atoms with Gasteiger partial charge in [-0.25, -0.2) is 17.8 Å². The van der Waals surface area contributed by atoms with Crippen molar-refractivity contribution in [3.63, 3.8) is 0 Å². The summed E-state index contributed by atoms with van der Waals surface area (Å²) < 4.78 is 37.8. The predicted molar refractivity (Wildman–Crippen MR) is 81.6 cm³/mol. The molecule has 1 aromatic rings. The zero-order chi connectivity index (χ0) is 15.6. The quantitative estimate of drug-likeness (QED) is 0.908. The number of sulfone groups is 1. The third kappa shape index (κ3) is 3.91. The Bertz CT molecular complexity index is 604. The van der Waals surface area contributed by atoms with Gasteiger partial charge in [-0.05, 0) is 13.0 Å². The van der Waals surface area contributed by atoms with Crippen LogP contribution < -0.4 is 10.2 Å². The number of hydrogen-bond acceptors (Lipinski definition) is 5. The number of pyridine rings is 1. The zero-order valence-corrected chi connectivity index (χ0v) is 13.5. The predicted octanol–water partition coefficient (Wildman–Crippen LogP) is 1.34. The van der Waals surface area contributed by atoms with Crippen molar-refractivity contribution in [1.29, 1.82) is 0 Å². The molecule has 2 rings (SSSR count). The van der Waals surface area contributed by atoms with Crippen molar-refractivity contribution >= 4 is 15.7 Å². The average Bonchev–Trinajstić information content (AvgIpc) is 2.37. The molecule has 0 spiro atoms. The summed E-state index contributed by atoms with van der Waals surface area (Å²) in [4.78, 5) is 5.86. The van der Waals surface area contributed by atoms with Gasteiger partial charge >= 0.3 is 0 Å². The minimum absolute atomic E-state index is 0.0442. The SMILES string of the molecule is CC(C)NCc1ccnc(N2CCS(=O)(=O)CC2C)c1F. The number of aromatic nitrogens is 1. The molecular weight excluding hydrogens is 293 g/mol. The summed E-state index contributed by atoms with van der Waals surface area (Å²) in [5, 5.41) is 3.17. The molecule has 1 aliphatic heterocycles. The van der Waals surface area contributed by atoms with Crippen LogP contribution in [0.2, 0.25) is 0 Å². The van der Waals surface area contributed by atoms with Gasteiger partial charge in [0.1, 0.15) is 0 Å². The Kier molecular flexibility index (Phi) is 4.83. The fourth-order valence-electron chi connectivity index (χ4n) is 2.44. The number of rotatable bonds is 4. The molecule has 1 aromatic heterocycles. The third-order valence-corrected chi connectivity index (χ3v) is 5.39. The van der Waals surface area contributed by atoms with Gasteiger partial charge < -0.3 is 10.2 Å². The molecule has 0 amide bonds. The maximum atomic E-state index is 14.6. The molecule has 1 N–H and O–H groups in total. The minimum atomic E-state index is -3.02. The zero-order valence-electron chi connectivity index (χ0n) is 12.6. The molecule has 1 unspecified atom stereocenters. The van der Waals surface area contributed by atoms with Crippen molar-refractivity contribution < 1.29 is 12.8 Å². The molecule has 1 saturated heterocycles. The van der Waals surface area contributed by atoms with E-state index >= 15 is 0 Å². The van der Waals surface area contributed by atoms with Gasteiger partial charge in [0.2, 0.25) is 0 Å². The van der Waals surface area contributed by atoms with Crippen LogP contribution in [-0.4, -0.2) is 43.5 Å². The summed E-state index contributed by atoms with van der Waals surface area (Å²) in [6.45, 7) is 6.50. The Morgan fingerprint density at radius 2 is 2.24 bits per heavy atom. The molecule has 5 nitrogen and oxygen atoms in total. The van der Waals surface area contributed by atoms with Crippen LogP contribution in [0.1, 0.15) is 26.3 Å². The number of nitrogens with one attached hydrogen (secondary N) is 1. The van der Waals surface area contributed by atoms with E-state index in [9.17, 15) is 12.8 Å². The molecule has 0 aromatic carbocycles. The number of anilines is 1. The van der Waals surface area contributed by atoms with E-state index in [0.717, 1.165) is 0 Å². The van der Waals surface area contributed by atoms with Gasteiger partial charge in [0.05, 0.1) is 11.5 Å². The van der Waals surface area contributed by atoms with E-state index in [1.54, 1.807) is 24.1 Å². The lowest BCUT2D eigenvalue weighted by atomic mass is 10.2. The molecule has 0 saturated carbocycles. The van der Waals surface area contributed by atoms with Gasteiger partial charge in [-0.15, -0.1) is 0 Å². The average molecular weight is 315 g/mol. The number of hydrogen-bond donors (Lipinski definition) is 1. The number of nitrogens with zero attached hydrogens (tertiary/aromatic N) is 2. The summed E-state index contributed by atoms with van der Waals surface area (Å²) in [7, 11) is -3.02. The van der Waals surface area contributed by atoms with Gasteiger partial charge in [-0.1, -0.05) is 13.8 Å². The molecular formula is C14H22FN3O2S. The first kappa shape index (κ1) is 16.2. The monoisotopic (exact) mass is 315 g/mol. The highest BCUT2D eigenvalue weighted by Gasteiger charge is 2.30. The van der Waals surface area contributed by atoms with Crippen molar-refractivity contribution in [1.82, 2.24) is 10.3 Å². The molecule has 21 heavy (non-hydrogen) atoms. The van der Waals surface area contributed by atoms with Gasteiger partial charge in [-0.3, -0.25) is 0 Å². The van der Waals surface area contributed by atoms with E-state index in [0.29, 0.717) is 12.1 Å². The van der Waals surface area contributed by atoms with Crippen LogP contribution in [0.3, 0.4) is 0 Å². The molecule has 7 heteroatoms. The Balaban J connectivity index is 2.22. The topological polar surface area (TPSA) is 62.3 Å². The van der Waals surface area contributed by atoms with E-state index in [2.05, 4.69) is 10.3 Å². The van der Waals surface area contributed by atoms with Crippen LogP contribution >= 0.6 is 0 Å². The Hall–Kier alpha value is -1.21. The molecule has 0 aliphatic carbocycles. The first-order valence-electron chi connectivity index (χ1n) is 7.14. The normalized spacial score (nSPS) is 21.8.